The molecule has 0 atom stereocenters. The number of hydrogen-bond acceptors (Lipinski definition) is 5. The van der Waals surface area contributed by atoms with Gasteiger partial charge < -0.3 is 19.7 Å². The van der Waals surface area contributed by atoms with E-state index in [4.69, 9.17) is 14.6 Å². The fraction of sp³-hybridized carbons (Fsp3) is 0.314. The average molecular weight is 587 g/mol. The molecule has 0 unspecified atom stereocenters. The smallest absolute Gasteiger partial charge is 0.303 e. The van der Waals surface area contributed by atoms with Crippen LogP contribution in [0.15, 0.2) is 83.6 Å². The molecule has 6 nitrogen and oxygen atoms in total. The first kappa shape index (κ1) is 30.8. The van der Waals surface area contributed by atoms with Gasteiger partial charge in [-0.25, -0.2) is 0 Å². The Labute approximate surface area is 251 Å². The number of benzene rings is 3. The molecule has 2 N–H and O–H groups in total. The maximum absolute atomic E-state index is 11.2. The van der Waals surface area contributed by atoms with Crippen LogP contribution in [-0.2, 0) is 22.4 Å². The molecule has 0 saturated carbocycles. The molecule has 1 heterocycles. The van der Waals surface area contributed by atoms with Crippen molar-refractivity contribution in [1.82, 2.24) is 0 Å². The van der Waals surface area contributed by atoms with Gasteiger partial charge in [0.15, 0.2) is 0 Å². The van der Waals surface area contributed by atoms with Crippen LogP contribution in [0.2, 0.25) is 0 Å². The highest BCUT2D eigenvalue weighted by atomic mass is 32.1. The van der Waals surface area contributed by atoms with Crippen molar-refractivity contribution in [1.29, 1.82) is 0 Å². The highest BCUT2D eigenvalue weighted by Crippen LogP contribution is 2.33. The van der Waals surface area contributed by atoms with Gasteiger partial charge in [0.1, 0.15) is 11.5 Å². The predicted molar refractivity (Wildman–Crippen MR) is 168 cm³/mol. The van der Waals surface area contributed by atoms with Crippen LogP contribution in [0.5, 0.6) is 11.5 Å². The van der Waals surface area contributed by atoms with Gasteiger partial charge in [-0.3, -0.25) is 9.59 Å². The molecule has 220 valence electrons. The number of carboxylic acids is 2. The first-order chi connectivity index (χ1) is 20.5. The Morgan fingerprint density at radius 1 is 0.643 bits per heavy atom. The molecular weight excluding hydrogens is 548 g/mol. The molecule has 0 radical (unpaired) electrons. The molecule has 42 heavy (non-hydrogen) atoms. The number of carboxylic acid groups (broad SMARTS) is 2. The summed E-state index contributed by atoms with van der Waals surface area (Å²) in [5.74, 6) is -0.168. The van der Waals surface area contributed by atoms with Gasteiger partial charge in [0, 0.05) is 12.8 Å². The zero-order valence-electron chi connectivity index (χ0n) is 23.8. The number of hydrogen-bond donors (Lipinski definition) is 2. The monoisotopic (exact) mass is 586 g/mol. The van der Waals surface area contributed by atoms with Gasteiger partial charge >= 0.3 is 11.9 Å². The standard InChI is InChI=1S/C35H38O6S/c36-34(37)15-9-20-41-33-14-8-13-27(32(33)16-17-35(38)39)12-4-1-2-7-19-40-31-23-29(26-10-5-3-6-11-26)22-30(24-31)28-18-21-42-25-28/h3,5-6,8,10-11,13-14,18,21-25H,1-2,4,7,9,12,15-17,19-20H2,(H,36,37)(H,38,39). The lowest BCUT2D eigenvalue weighted by atomic mass is 9.97. The summed E-state index contributed by atoms with van der Waals surface area (Å²) in [7, 11) is 0. The lowest BCUT2D eigenvalue weighted by Gasteiger charge is -2.15. The molecule has 0 aliphatic heterocycles. The van der Waals surface area contributed by atoms with Gasteiger partial charge in [0.2, 0.25) is 0 Å². The van der Waals surface area contributed by atoms with E-state index in [1.54, 1.807) is 11.3 Å². The average Bonchev–Trinajstić information content (AvgIpc) is 3.54. The highest BCUT2D eigenvalue weighted by molar-refractivity contribution is 7.08. The van der Waals surface area contributed by atoms with Crippen molar-refractivity contribution in [3.63, 3.8) is 0 Å². The molecule has 0 aliphatic rings. The van der Waals surface area contributed by atoms with E-state index in [1.165, 1.54) is 5.56 Å². The van der Waals surface area contributed by atoms with Crippen LogP contribution in [0.1, 0.15) is 56.1 Å². The van der Waals surface area contributed by atoms with Gasteiger partial charge in [-0.2, -0.15) is 11.3 Å². The van der Waals surface area contributed by atoms with Crippen molar-refractivity contribution < 1.29 is 29.3 Å². The van der Waals surface area contributed by atoms with E-state index in [0.717, 1.165) is 65.7 Å². The first-order valence-electron chi connectivity index (χ1n) is 14.5. The Kier molecular flexibility index (Phi) is 12.0. The number of ether oxygens (including phenoxy) is 2. The van der Waals surface area contributed by atoms with Crippen LogP contribution in [0.25, 0.3) is 22.3 Å². The largest absolute Gasteiger partial charge is 0.494 e. The van der Waals surface area contributed by atoms with E-state index in [1.807, 2.05) is 36.4 Å². The van der Waals surface area contributed by atoms with Crippen LogP contribution >= 0.6 is 11.3 Å². The summed E-state index contributed by atoms with van der Waals surface area (Å²) in [6.45, 7) is 0.934. The van der Waals surface area contributed by atoms with E-state index in [2.05, 4.69) is 47.2 Å². The van der Waals surface area contributed by atoms with Crippen LogP contribution in [-0.4, -0.2) is 35.4 Å². The molecule has 4 aromatic rings. The zero-order chi connectivity index (χ0) is 29.6. The second-order valence-corrected chi connectivity index (χ2v) is 11.1. The van der Waals surface area contributed by atoms with Crippen LogP contribution < -0.4 is 9.47 Å². The summed E-state index contributed by atoms with van der Waals surface area (Å²) in [6, 6.07) is 24.7. The van der Waals surface area contributed by atoms with E-state index in [9.17, 15) is 14.7 Å². The van der Waals surface area contributed by atoms with E-state index < -0.39 is 11.9 Å². The van der Waals surface area contributed by atoms with Crippen molar-refractivity contribution in [3.05, 3.63) is 94.7 Å². The molecule has 0 bridgehead atoms. The molecule has 0 fully saturated rings. The third-order valence-electron chi connectivity index (χ3n) is 7.09. The summed E-state index contributed by atoms with van der Waals surface area (Å²) in [4.78, 5) is 22.0. The zero-order valence-corrected chi connectivity index (χ0v) is 24.6. The van der Waals surface area contributed by atoms with Gasteiger partial charge in [-0.1, -0.05) is 55.3 Å². The van der Waals surface area contributed by atoms with Crippen molar-refractivity contribution in [2.24, 2.45) is 0 Å². The SMILES string of the molecule is O=C(O)CCCOc1cccc(CCCCCCOc2cc(-c3ccccc3)cc(-c3ccsc3)c2)c1CCC(=O)O. The number of unbranched alkanes of at least 4 members (excludes halogenated alkanes) is 3. The van der Waals surface area contributed by atoms with Crippen LogP contribution in [0.4, 0.5) is 0 Å². The summed E-state index contributed by atoms with van der Waals surface area (Å²) in [5, 5.41) is 22.3. The first-order valence-corrected chi connectivity index (χ1v) is 15.5. The van der Waals surface area contributed by atoms with E-state index >= 15 is 0 Å². The number of aryl methyl sites for hydroxylation is 1. The van der Waals surface area contributed by atoms with Gasteiger partial charge in [-0.05, 0) is 107 Å². The lowest BCUT2D eigenvalue weighted by molar-refractivity contribution is -0.138. The maximum atomic E-state index is 11.2. The summed E-state index contributed by atoms with van der Waals surface area (Å²) in [5.41, 5.74) is 6.66. The van der Waals surface area contributed by atoms with E-state index in [-0.39, 0.29) is 12.8 Å². The minimum Gasteiger partial charge on any atom is -0.494 e. The Bertz CT molecular complexity index is 1410. The number of aliphatic carboxylic acids is 2. The number of thiophene rings is 1. The van der Waals surface area contributed by atoms with Gasteiger partial charge in [-0.15, -0.1) is 0 Å². The molecular formula is C35H38O6S. The topological polar surface area (TPSA) is 93.1 Å². The van der Waals surface area contributed by atoms with Crippen LogP contribution in [0, 0.1) is 0 Å². The predicted octanol–water partition coefficient (Wildman–Crippen LogP) is 8.52. The van der Waals surface area contributed by atoms with E-state index in [0.29, 0.717) is 31.8 Å². The Balaban J connectivity index is 1.28. The number of carbonyl (C=O) groups is 2. The fourth-order valence-corrected chi connectivity index (χ4v) is 5.60. The molecule has 3 aromatic carbocycles. The maximum Gasteiger partial charge on any atom is 0.303 e. The third kappa shape index (κ3) is 9.77. The second-order valence-electron chi connectivity index (χ2n) is 10.3. The molecule has 0 aliphatic carbocycles. The van der Waals surface area contributed by atoms with Crippen molar-refractivity contribution in [2.75, 3.05) is 13.2 Å². The Morgan fingerprint density at radius 2 is 1.38 bits per heavy atom. The minimum atomic E-state index is -0.854. The normalized spacial score (nSPS) is 10.9. The third-order valence-corrected chi connectivity index (χ3v) is 7.77. The summed E-state index contributed by atoms with van der Waals surface area (Å²) >= 11 is 1.69. The number of rotatable bonds is 18. The molecule has 0 amide bonds. The highest BCUT2D eigenvalue weighted by Gasteiger charge is 2.12. The summed E-state index contributed by atoms with van der Waals surface area (Å²) < 4.78 is 12.1. The Hall–Kier alpha value is -4.10. The van der Waals surface area contributed by atoms with Crippen molar-refractivity contribution in [3.8, 4) is 33.8 Å². The quantitative estimate of drug-likeness (QED) is 0.114. The molecule has 4 rings (SSSR count). The van der Waals surface area contributed by atoms with Crippen LogP contribution in [0.3, 0.4) is 0 Å². The van der Waals surface area contributed by atoms with Gasteiger partial charge in [0.05, 0.1) is 13.2 Å². The second kappa shape index (κ2) is 16.4. The molecule has 7 heteroatoms. The summed E-state index contributed by atoms with van der Waals surface area (Å²) in [6.07, 6.45) is 5.71. The molecule has 1 aromatic heterocycles. The fourth-order valence-electron chi connectivity index (χ4n) is 4.94. The van der Waals surface area contributed by atoms with Gasteiger partial charge in [0.25, 0.3) is 0 Å². The minimum absolute atomic E-state index is 0.0272. The molecule has 0 saturated heterocycles. The molecule has 0 spiro atoms. The Morgan fingerprint density at radius 3 is 2.12 bits per heavy atom. The van der Waals surface area contributed by atoms with Crippen molar-refractivity contribution in [2.45, 2.75) is 57.8 Å². The lowest BCUT2D eigenvalue weighted by Crippen LogP contribution is -2.07. The van der Waals surface area contributed by atoms with Crippen molar-refractivity contribution >= 4 is 23.3 Å².